The maximum Gasteiger partial charge on any atom is -0.0196 e. The van der Waals surface area contributed by atoms with Crippen molar-refractivity contribution in [2.24, 2.45) is 11.8 Å². The lowest BCUT2D eigenvalue weighted by atomic mass is 9.89. The zero-order valence-corrected chi connectivity index (χ0v) is 8.86. The largest absolute Gasteiger partial charge is 0.0885 e. The summed E-state index contributed by atoms with van der Waals surface area (Å²) in [5.41, 5.74) is 0. The van der Waals surface area contributed by atoms with Crippen LogP contribution in [-0.2, 0) is 0 Å². The van der Waals surface area contributed by atoms with E-state index in [0.717, 1.165) is 11.8 Å². The molecule has 14 heavy (non-hydrogen) atoms. The van der Waals surface area contributed by atoms with E-state index in [1.807, 2.05) is 0 Å². The molecule has 0 saturated carbocycles. The van der Waals surface area contributed by atoms with E-state index in [-0.39, 0.29) is 0 Å². The highest BCUT2D eigenvalue weighted by Gasteiger charge is 2.08. The number of allylic oxidation sites excluding steroid dienone is 6. The van der Waals surface area contributed by atoms with Crippen molar-refractivity contribution in [2.45, 2.75) is 38.5 Å². The van der Waals surface area contributed by atoms with Crippen molar-refractivity contribution < 1.29 is 0 Å². The molecule has 76 valence electrons. The molecule has 0 unspecified atom stereocenters. The van der Waals surface area contributed by atoms with Gasteiger partial charge in [-0.1, -0.05) is 36.5 Å². The second-order valence-electron chi connectivity index (χ2n) is 4.47. The van der Waals surface area contributed by atoms with Gasteiger partial charge in [-0.25, -0.2) is 0 Å². The van der Waals surface area contributed by atoms with Crippen LogP contribution in [0, 0.1) is 11.8 Å². The molecule has 0 spiro atoms. The second-order valence-corrected chi connectivity index (χ2v) is 4.47. The lowest BCUT2D eigenvalue weighted by molar-refractivity contribution is 0.553. The highest BCUT2D eigenvalue weighted by molar-refractivity contribution is 5.03. The second kappa shape index (κ2) is 5.19. The zero-order valence-electron chi connectivity index (χ0n) is 8.86. The van der Waals surface area contributed by atoms with Crippen LogP contribution in [0.1, 0.15) is 38.5 Å². The Labute approximate surface area is 87.4 Å². The molecule has 0 aromatic heterocycles. The van der Waals surface area contributed by atoms with Crippen molar-refractivity contribution >= 4 is 0 Å². The van der Waals surface area contributed by atoms with Crippen molar-refractivity contribution in [1.29, 1.82) is 0 Å². The van der Waals surface area contributed by atoms with E-state index in [2.05, 4.69) is 36.5 Å². The molecule has 0 aliphatic heterocycles. The van der Waals surface area contributed by atoms with E-state index in [1.54, 1.807) is 0 Å². The van der Waals surface area contributed by atoms with Crippen LogP contribution in [0.5, 0.6) is 0 Å². The monoisotopic (exact) mass is 188 g/mol. The third kappa shape index (κ3) is 2.87. The first-order chi connectivity index (χ1) is 6.95. The molecule has 0 nitrogen and oxygen atoms in total. The molecule has 0 heterocycles. The zero-order chi connectivity index (χ0) is 9.64. The maximum atomic E-state index is 2.47. The van der Waals surface area contributed by atoms with Crippen LogP contribution in [0.3, 0.4) is 0 Å². The Balaban J connectivity index is 1.80. The highest BCUT2D eigenvalue weighted by atomic mass is 14.1. The van der Waals surface area contributed by atoms with Crippen LogP contribution < -0.4 is 0 Å². The van der Waals surface area contributed by atoms with Gasteiger partial charge in [-0.05, 0) is 50.4 Å². The molecule has 2 aliphatic carbocycles. The first kappa shape index (κ1) is 9.76. The molecule has 0 fully saturated rings. The van der Waals surface area contributed by atoms with Crippen LogP contribution >= 0.6 is 0 Å². The van der Waals surface area contributed by atoms with Crippen LogP contribution in [0.4, 0.5) is 0 Å². The van der Waals surface area contributed by atoms with Crippen LogP contribution in [0.2, 0.25) is 0 Å². The van der Waals surface area contributed by atoms with Gasteiger partial charge in [0.1, 0.15) is 0 Å². The Morgan fingerprint density at radius 3 is 1.57 bits per heavy atom. The van der Waals surface area contributed by atoms with Crippen molar-refractivity contribution in [3.05, 3.63) is 36.5 Å². The average molecular weight is 188 g/mol. The van der Waals surface area contributed by atoms with Gasteiger partial charge < -0.3 is 0 Å². The van der Waals surface area contributed by atoms with Crippen molar-refractivity contribution in [3.63, 3.8) is 0 Å². The van der Waals surface area contributed by atoms with Gasteiger partial charge in [-0.3, -0.25) is 0 Å². The maximum absolute atomic E-state index is 2.47. The summed E-state index contributed by atoms with van der Waals surface area (Å²) >= 11 is 0. The molecule has 2 atom stereocenters. The molecule has 0 heteroatoms. The molecule has 0 saturated heterocycles. The normalized spacial score (nSPS) is 32.6. The molecule has 0 aromatic rings. The van der Waals surface area contributed by atoms with Crippen LogP contribution in [0.25, 0.3) is 0 Å². The number of hydrogen-bond donors (Lipinski definition) is 0. The molecular formula is C14H20. The lowest BCUT2D eigenvalue weighted by Gasteiger charge is -2.16. The van der Waals surface area contributed by atoms with Gasteiger partial charge in [0.05, 0.1) is 0 Å². The number of hydrogen-bond acceptors (Lipinski definition) is 0. The summed E-state index contributed by atoms with van der Waals surface area (Å²) in [6.45, 7) is 0. The van der Waals surface area contributed by atoms with Gasteiger partial charge in [0.15, 0.2) is 0 Å². The lowest BCUT2D eigenvalue weighted by Crippen LogP contribution is -2.02. The summed E-state index contributed by atoms with van der Waals surface area (Å²) < 4.78 is 0. The summed E-state index contributed by atoms with van der Waals surface area (Å²) in [7, 11) is 0. The first-order valence-electron chi connectivity index (χ1n) is 5.93. The molecule has 0 radical (unpaired) electrons. The summed E-state index contributed by atoms with van der Waals surface area (Å²) in [4.78, 5) is 0. The Bertz CT molecular complexity index is 219. The molecule has 0 amide bonds. The van der Waals surface area contributed by atoms with E-state index >= 15 is 0 Å². The van der Waals surface area contributed by atoms with Crippen molar-refractivity contribution in [2.75, 3.05) is 0 Å². The molecular weight excluding hydrogens is 168 g/mol. The molecule has 2 aliphatic rings. The third-order valence-corrected chi connectivity index (χ3v) is 3.27. The molecule has 0 aromatic carbocycles. The summed E-state index contributed by atoms with van der Waals surface area (Å²) in [6.07, 6.45) is 22.0. The fourth-order valence-corrected chi connectivity index (χ4v) is 2.30. The Kier molecular flexibility index (Phi) is 3.62. The quantitative estimate of drug-likeness (QED) is 0.568. The molecule has 0 bridgehead atoms. The predicted molar refractivity (Wildman–Crippen MR) is 62.1 cm³/mol. The van der Waals surface area contributed by atoms with E-state index in [1.165, 1.54) is 38.5 Å². The van der Waals surface area contributed by atoms with E-state index < -0.39 is 0 Å². The average Bonchev–Trinajstić information content (AvgIpc) is 2.29. The van der Waals surface area contributed by atoms with Gasteiger partial charge in [0.25, 0.3) is 0 Å². The van der Waals surface area contributed by atoms with Gasteiger partial charge in [0, 0.05) is 0 Å². The van der Waals surface area contributed by atoms with Gasteiger partial charge >= 0.3 is 0 Å². The van der Waals surface area contributed by atoms with Crippen molar-refractivity contribution in [1.82, 2.24) is 0 Å². The van der Waals surface area contributed by atoms with E-state index in [4.69, 9.17) is 0 Å². The molecule has 2 rings (SSSR count). The summed E-state index contributed by atoms with van der Waals surface area (Å²) in [5.74, 6) is 1.65. The van der Waals surface area contributed by atoms with E-state index in [9.17, 15) is 0 Å². The standard InChI is InChI=1S/C14H20/c1-3-7-13(8-4-1)11-12-14-9-5-2-6-10-14/h1-3,5,11-14H,4,6-10H2/b12-11+/t13-,14-/m0/s1. The van der Waals surface area contributed by atoms with Crippen LogP contribution in [0.15, 0.2) is 36.5 Å². The first-order valence-corrected chi connectivity index (χ1v) is 5.93. The molecule has 0 N–H and O–H groups in total. The smallest absolute Gasteiger partial charge is 0.0196 e. The summed E-state index contributed by atoms with van der Waals surface area (Å²) in [6, 6.07) is 0. The third-order valence-electron chi connectivity index (χ3n) is 3.27. The Morgan fingerprint density at radius 1 is 0.714 bits per heavy atom. The highest BCUT2D eigenvalue weighted by Crippen LogP contribution is 2.23. The predicted octanol–water partition coefficient (Wildman–Crippen LogP) is 4.26. The van der Waals surface area contributed by atoms with E-state index in [0.29, 0.717) is 0 Å². The van der Waals surface area contributed by atoms with Gasteiger partial charge in [-0.15, -0.1) is 0 Å². The van der Waals surface area contributed by atoms with Crippen molar-refractivity contribution in [3.8, 4) is 0 Å². The minimum Gasteiger partial charge on any atom is -0.0885 e. The SMILES string of the molecule is C1=CC[C@H](/C=C/[C@H]2CC=CCC2)CC1. The van der Waals surface area contributed by atoms with Gasteiger partial charge in [0.2, 0.25) is 0 Å². The number of rotatable bonds is 2. The minimum absolute atomic E-state index is 0.825. The van der Waals surface area contributed by atoms with Gasteiger partial charge in [-0.2, -0.15) is 0 Å². The Hall–Kier alpha value is -0.780. The topological polar surface area (TPSA) is 0 Å². The summed E-state index contributed by atoms with van der Waals surface area (Å²) in [5, 5.41) is 0. The Morgan fingerprint density at radius 2 is 1.21 bits per heavy atom. The van der Waals surface area contributed by atoms with Crippen LogP contribution in [-0.4, -0.2) is 0 Å². The minimum atomic E-state index is 0.825. The fraction of sp³-hybridized carbons (Fsp3) is 0.571. The fourth-order valence-electron chi connectivity index (χ4n) is 2.30.